The van der Waals surface area contributed by atoms with Gasteiger partial charge in [0.1, 0.15) is 5.01 Å². The van der Waals surface area contributed by atoms with Crippen LogP contribution < -0.4 is 5.32 Å². The Bertz CT molecular complexity index is 791. The molecule has 0 bridgehead atoms. The Morgan fingerprint density at radius 2 is 1.87 bits per heavy atom. The first kappa shape index (κ1) is 15.4. The van der Waals surface area contributed by atoms with E-state index in [2.05, 4.69) is 35.4 Å². The first-order valence-corrected chi connectivity index (χ1v) is 8.36. The van der Waals surface area contributed by atoms with Gasteiger partial charge in [-0.3, -0.25) is 5.32 Å². The van der Waals surface area contributed by atoms with Crippen molar-refractivity contribution in [2.24, 2.45) is 0 Å². The van der Waals surface area contributed by atoms with Gasteiger partial charge in [0.05, 0.1) is 17.7 Å². The maximum absolute atomic E-state index is 9.08. The number of hydrogen-bond donors (Lipinski definition) is 1. The molecule has 0 aliphatic rings. The predicted octanol–water partition coefficient (Wildman–Crippen LogP) is 4.45. The molecule has 1 heterocycles. The van der Waals surface area contributed by atoms with E-state index in [9.17, 15) is 0 Å². The molecule has 0 aliphatic carbocycles. The molecule has 0 amide bonds. The van der Waals surface area contributed by atoms with E-state index in [-0.39, 0.29) is 12.1 Å². The van der Waals surface area contributed by atoms with Gasteiger partial charge in [0.15, 0.2) is 0 Å². The lowest BCUT2D eigenvalue weighted by molar-refractivity contribution is 0.515. The smallest absolute Gasteiger partial charge is 0.114 e. The summed E-state index contributed by atoms with van der Waals surface area (Å²) in [5.74, 6) is 0. The van der Waals surface area contributed by atoms with E-state index >= 15 is 0 Å². The molecule has 2 aromatic carbocycles. The van der Waals surface area contributed by atoms with E-state index in [1.807, 2.05) is 54.0 Å². The van der Waals surface area contributed by atoms with Gasteiger partial charge in [0.2, 0.25) is 0 Å². The van der Waals surface area contributed by atoms with E-state index in [0.717, 1.165) is 10.6 Å². The van der Waals surface area contributed by atoms with E-state index in [0.29, 0.717) is 5.56 Å². The Kier molecular flexibility index (Phi) is 4.82. The summed E-state index contributed by atoms with van der Waals surface area (Å²) in [6.07, 6.45) is 1.83. The van der Waals surface area contributed by atoms with Crippen molar-refractivity contribution in [3.8, 4) is 6.07 Å². The fourth-order valence-electron chi connectivity index (χ4n) is 2.56. The van der Waals surface area contributed by atoms with Crippen molar-refractivity contribution in [1.29, 1.82) is 5.26 Å². The number of benzene rings is 2. The molecule has 3 aromatic rings. The molecule has 0 fully saturated rings. The maximum atomic E-state index is 9.08. The minimum absolute atomic E-state index is 0.0388. The summed E-state index contributed by atoms with van der Waals surface area (Å²) in [6.45, 7) is 2.11. The van der Waals surface area contributed by atoms with Crippen LogP contribution in [-0.2, 0) is 0 Å². The quantitative estimate of drug-likeness (QED) is 0.755. The second-order valence-electron chi connectivity index (χ2n) is 5.34. The van der Waals surface area contributed by atoms with E-state index in [1.165, 1.54) is 5.56 Å². The van der Waals surface area contributed by atoms with Crippen LogP contribution in [0.5, 0.6) is 0 Å². The average Bonchev–Trinajstić information content (AvgIpc) is 3.14. The molecular formula is C19H17N3S. The highest BCUT2D eigenvalue weighted by molar-refractivity contribution is 7.09. The highest BCUT2D eigenvalue weighted by Gasteiger charge is 2.19. The first-order valence-electron chi connectivity index (χ1n) is 7.48. The van der Waals surface area contributed by atoms with Crippen LogP contribution in [-0.4, -0.2) is 4.98 Å². The number of nitriles is 1. The summed E-state index contributed by atoms with van der Waals surface area (Å²) >= 11 is 1.64. The standard InChI is InChI=1S/C19H17N3S/c1-14(17-9-5-6-15(12-17)13-20)22-18(19-21-10-11-23-19)16-7-3-2-4-8-16/h2-12,14,18,22H,1H3/t14-,18-/m1/s1. The average molecular weight is 319 g/mol. The zero-order chi connectivity index (χ0) is 16.1. The third kappa shape index (κ3) is 3.65. The SMILES string of the molecule is C[C@@H](N[C@H](c1ccccc1)c1nccs1)c1cccc(C#N)c1. The summed E-state index contributed by atoms with van der Waals surface area (Å²) in [5, 5.41) is 15.8. The summed E-state index contributed by atoms with van der Waals surface area (Å²) < 4.78 is 0. The van der Waals surface area contributed by atoms with Crippen LogP contribution in [0.3, 0.4) is 0 Å². The van der Waals surface area contributed by atoms with Gasteiger partial charge in [-0.2, -0.15) is 5.26 Å². The number of thiazole rings is 1. The second-order valence-corrected chi connectivity index (χ2v) is 6.27. The van der Waals surface area contributed by atoms with Crippen LogP contribution in [0.1, 0.15) is 40.7 Å². The monoisotopic (exact) mass is 319 g/mol. The maximum Gasteiger partial charge on any atom is 0.114 e. The lowest BCUT2D eigenvalue weighted by Crippen LogP contribution is -2.25. The van der Waals surface area contributed by atoms with E-state index < -0.39 is 0 Å². The Balaban J connectivity index is 1.88. The van der Waals surface area contributed by atoms with Crippen LogP contribution in [0.15, 0.2) is 66.2 Å². The van der Waals surface area contributed by atoms with Gasteiger partial charge in [0, 0.05) is 17.6 Å². The van der Waals surface area contributed by atoms with E-state index in [1.54, 1.807) is 11.3 Å². The molecule has 1 N–H and O–H groups in total. The molecule has 0 aliphatic heterocycles. The molecule has 0 radical (unpaired) electrons. The predicted molar refractivity (Wildman–Crippen MR) is 93.1 cm³/mol. The molecule has 0 saturated heterocycles. The highest BCUT2D eigenvalue weighted by atomic mass is 32.1. The van der Waals surface area contributed by atoms with Crippen LogP contribution in [0.2, 0.25) is 0 Å². The zero-order valence-corrected chi connectivity index (χ0v) is 13.6. The first-order chi connectivity index (χ1) is 11.3. The second kappa shape index (κ2) is 7.19. The zero-order valence-electron chi connectivity index (χ0n) is 12.8. The highest BCUT2D eigenvalue weighted by Crippen LogP contribution is 2.27. The number of nitrogens with one attached hydrogen (secondary N) is 1. The lowest BCUT2D eigenvalue weighted by atomic mass is 10.0. The normalized spacial score (nSPS) is 13.2. The third-order valence-electron chi connectivity index (χ3n) is 3.76. The van der Waals surface area contributed by atoms with Crippen LogP contribution >= 0.6 is 11.3 Å². The van der Waals surface area contributed by atoms with Crippen LogP contribution in [0.4, 0.5) is 0 Å². The minimum Gasteiger partial charge on any atom is -0.298 e. The molecule has 0 saturated carbocycles. The fraction of sp³-hybridized carbons (Fsp3) is 0.158. The van der Waals surface area contributed by atoms with Crippen molar-refractivity contribution in [2.45, 2.75) is 19.0 Å². The summed E-state index contributed by atoms with van der Waals surface area (Å²) in [5.41, 5.74) is 2.97. The number of rotatable bonds is 5. The Morgan fingerprint density at radius 1 is 1.09 bits per heavy atom. The van der Waals surface area contributed by atoms with Crippen LogP contribution in [0, 0.1) is 11.3 Å². The Hall–Kier alpha value is -2.48. The molecule has 4 heteroatoms. The molecular weight excluding hydrogens is 302 g/mol. The fourth-order valence-corrected chi connectivity index (χ4v) is 3.28. The number of nitrogens with zero attached hydrogens (tertiary/aromatic N) is 2. The van der Waals surface area contributed by atoms with Crippen molar-refractivity contribution < 1.29 is 0 Å². The third-order valence-corrected chi connectivity index (χ3v) is 4.60. The molecule has 1 aromatic heterocycles. The van der Waals surface area contributed by atoms with Gasteiger partial charge < -0.3 is 0 Å². The topological polar surface area (TPSA) is 48.7 Å². The van der Waals surface area contributed by atoms with Crippen molar-refractivity contribution >= 4 is 11.3 Å². The van der Waals surface area contributed by atoms with Crippen molar-refractivity contribution in [3.63, 3.8) is 0 Å². The molecule has 23 heavy (non-hydrogen) atoms. The largest absolute Gasteiger partial charge is 0.298 e. The molecule has 3 nitrogen and oxygen atoms in total. The Labute approximate surface area is 140 Å². The van der Waals surface area contributed by atoms with Gasteiger partial charge >= 0.3 is 0 Å². The van der Waals surface area contributed by atoms with Crippen molar-refractivity contribution in [1.82, 2.24) is 10.3 Å². The van der Waals surface area contributed by atoms with Crippen molar-refractivity contribution in [2.75, 3.05) is 0 Å². The van der Waals surface area contributed by atoms with Crippen molar-refractivity contribution in [3.05, 3.63) is 87.9 Å². The molecule has 0 spiro atoms. The van der Waals surface area contributed by atoms with Gasteiger partial charge in [-0.1, -0.05) is 42.5 Å². The van der Waals surface area contributed by atoms with Gasteiger partial charge in [-0.05, 0) is 30.2 Å². The minimum atomic E-state index is 0.0388. The molecule has 2 atom stereocenters. The lowest BCUT2D eigenvalue weighted by Gasteiger charge is -2.22. The summed E-state index contributed by atoms with van der Waals surface area (Å²) in [7, 11) is 0. The van der Waals surface area contributed by atoms with Gasteiger partial charge in [-0.25, -0.2) is 4.98 Å². The summed E-state index contributed by atoms with van der Waals surface area (Å²) in [6, 6.07) is 20.4. The molecule has 0 unspecified atom stereocenters. The number of hydrogen-bond acceptors (Lipinski definition) is 4. The van der Waals surface area contributed by atoms with E-state index in [4.69, 9.17) is 5.26 Å². The molecule has 114 valence electrons. The number of aromatic nitrogens is 1. The molecule has 3 rings (SSSR count). The van der Waals surface area contributed by atoms with Crippen LogP contribution in [0.25, 0.3) is 0 Å². The van der Waals surface area contributed by atoms with Gasteiger partial charge in [0.25, 0.3) is 0 Å². The Morgan fingerprint density at radius 3 is 2.57 bits per heavy atom. The van der Waals surface area contributed by atoms with Gasteiger partial charge in [-0.15, -0.1) is 11.3 Å². The summed E-state index contributed by atoms with van der Waals surface area (Å²) in [4.78, 5) is 4.48.